The average molecular weight is 239 g/mol. The molecule has 2 unspecified atom stereocenters. The standard InChI is InChI=1S/C13H19ClN2/c1-9(7-11-3-4-11)16-10(2)12-5-6-13(14)15-8-12/h5-6,8-11,16H,3-4,7H2,1-2H3. The number of hydrogen-bond donors (Lipinski definition) is 1. The van der Waals surface area contributed by atoms with Gasteiger partial charge in [-0.05, 0) is 37.8 Å². The summed E-state index contributed by atoms with van der Waals surface area (Å²) in [5.74, 6) is 0.970. The quantitative estimate of drug-likeness (QED) is 0.794. The highest BCUT2D eigenvalue weighted by molar-refractivity contribution is 6.29. The first-order valence-corrected chi connectivity index (χ1v) is 6.40. The van der Waals surface area contributed by atoms with E-state index >= 15 is 0 Å². The molecule has 2 nitrogen and oxygen atoms in total. The zero-order valence-corrected chi connectivity index (χ0v) is 10.7. The maximum atomic E-state index is 5.77. The molecule has 0 spiro atoms. The summed E-state index contributed by atoms with van der Waals surface area (Å²) in [4.78, 5) is 4.11. The van der Waals surface area contributed by atoms with Crippen molar-refractivity contribution in [2.45, 2.75) is 45.2 Å². The molecule has 2 rings (SSSR count). The average Bonchev–Trinajstić information content (AvgIpc) is 3.02. The van der Waals surface area contributed by atoms with Crippen molar-refractivity contribution in [3.05, 3.63) is 29.0 Å². The molecule has 0 radical (unpaired) electrons. The van der Waals surface area contributed by atoms with Gasteiger partial charge in [0.1, 0.15) is 5.15 Å². The van der Waals surface area contributed by atoms with Crippen LogP contribution in [-0.2, 0) is 0 Å². The molecular weight excluding hydrogens is 220 g/mol. The van der Waals surface area contributed by atoms with Crippen LogP contribution in [0.1, 0.15) is 44.7 Å². The van der Waals surface area contributed by atoms with Gasteiger partial charge in [0.15, 0.2) is 0 Å². The van der Waals surface area contributed by atoms with E-state index < -0.39 is 0 Å². The minimum atomic E-state index is 0.346. The van der Waals surface area contributed by atoms with Crippen LogP contribution >= 0.6 is 11.6 Å². The molecule has 0 saturated heterocycles. The maximum Gasteiger partial charge on any atom is 0.129 e. The first-order valence-electron chi connectivity index (χ1n) is 6.02. The molecule has 2 atom stereocenters. The van der Waals surface area contributed by atoms with Gasteiger partial charge in [0.05, 0.1) is 0 Å². The molecule has 1 aromatic heterocycles. The number of aromatic nitrogens is 1. The molecule has 1 heterocycles. The second kappa shape index (κ2) is 5.15. The van der Waals surface area contributed by atoms with Crippen LogP contribution in [-0.4, -0.2) is 11.0 Å². The van der Waals surface area contributed by atoms with Gasteiger partial charge in [-0.2, -0.15) is 0 Å². The Balaban J connectivity index is 1.85. The Labute approximate surface area is 102 Å². The Kier molecular flexibility index (Phi) is 3.82. The molecular formula is C13H19ClN2. The normalized spacial score (nSPS) is 19.4. The Morgan fingerprint density at radius 3 is 2.75 bits per heavy atom. The number of nitrogens with zero attached hydrogens (tertiary/aromatic N) is 1. The van der Waals surface area contributed by atoms with Gasteiger partial charge >= 0.3 is 0 Å². The largest absolute Gasteiger partial charge is 0.308 e. The van der Waals surface area contributed by atoms with Crippen LogP contribution in [0.25, 0.3) is 0 Å². The summed E-state index contributed by atoms with van der Waals surface area (Å²) in [7, 11) is 0. The van der Waals surface area contributed by atoms with E-state index in [4.69, 9.17) is 11.6 Å². The minimum Gasteiger partial charge on any atom is -0.308 e. The summed E-state index contributed by atoms with van der Waals surface area (Å²) in [6.45, 7) is 4.44. The molecule has 1 saturated carbocycles. The lowest BCUT2D eigenvalue weighted by Gasteiger charge is -2.20. The van der Waals surface area contributed by atoms with Crippen molar-refractivity contribution in [3.8, 4) is 0 Å². The minimum absolute atomic E-state index is 0.346. The lowest BCUT2D eigenvalue weighted by Crippen LogP contribution is -2.29. The Bertz CT molecular complexity index is 332. The fourth-order valence-electron chi connectivity index (χ4n) is 2.09. The highest BCUT2D eigenvalue weighted by Crippen LogP contribution is 2.33. The molecule has 1 N–H and O–H groups in total. The van der Waals surface area contributed by atoms with E-state index in [0.29, 0.717) is 17.2 Å². The van der Waals surface area contributed by atoms with Gasteiger partial charge in [0, 0.05) is 18.3 Å². The van der Waals surface area contributed by atoms with Gasteiger partial charge in [0.2, 0.25) is 0 Å². The molecule has 3 heteroatoms. The van der Waals surface area contributed by atoms with E-state index in [2.05, 4.69) is 24.1 Å². The van der Waals surface area contributed by atoms with Crippen LogP contribution in [0.4, 0.5) is 0 Å². The van der Waals surface area contributed by atoms with Crippen molar-refractivity contribution < 1.29 is 0 Å². The van der Waals surface area contributed by atoms with Gasteiger partial charge in [-0.15, -0.1) is 0 Å². The van der Waals surface area contributed by atoms with Crippen molar-refractivity contribution in [1.82, 2.24) is 10.3 Å². The molecule has 88 valence electrons. The molecule has 1 fully saturated rings. The summed E-state index contributed by atoms with van der Waals surface area (Å²) in [6, 6.07) is 4.81. The second-order valence-corrected chi connectivity index (χ2v) is 5.27. The third kappa shape index (κ3) is 3.46. The van der Waals surface area contributed by atoms with E-state index in [9.17, 15) is 0 Å². The van der Waals surface area contributed by atoms with E-state index in [0.717, 1.165) is 5.92 Å². The lowest BCUT2D eigenvalue weighted by atomic mass is 10.1. The van der Waals surface area contributed by atoms with E-state index in [1.807, 2.05) is 18.3 Å². The monoisotopic (exact) mass is 238 g/mol. The lowest BCUT2D eigenvalue weighted by molar-refractivity contribution is 0.438. The SMILES string of the molecule is CC(CC1CC1)NC(C)c1ccc(Cl)nc1. The van der Waals surface area contributed by atoms with Crippen molar-refractivity contribution >= 4 is 11.6 Å². The number of pyridine rings is 1. The number of halogens is 1. The van der Waals surface area contributed by atoms with Gasteiger partial charge in [-0.25, -0.2) is 4.98 Å². The zero-order valence-electron chi connectivity index (χ0n) is 9.91. The van der Waals surface area contributed by atoms with Crippen LogP contribution in [0.5, 0.6) is 0 Å². The molecule has 1 aliphatic rings. The predicted molar refractivity (Wildman–Crippen MR) is 67.6 cm³/mol. The van der Waals surface area contributed by atoms with E-state index in [-0.39, 0.29) is 0 Å². The Morgan fingerprint density at radius 2 is 2.19 bits per heavy atom. The van der Waals surface area contributed by atoms with Crippen LogP contribution in [0, 0.1) is 5.92 Å². The first-order chi connectivity index (χ1) is 7.65. The fourth-order valence-corrected chi connectivity index (χ4v) is 2.20. The van der Waals surface area contributed by atoms with Crippen LogP contribution in [0.3, 0.4) is 0 Å². The van der Waals surface area contributed by atoms with Gasteiger partial charge in [0.25, 0.3) is 0 Å². The van der Waals surface area contributed by atoms with Gasteiger partial charge in [-0.1, -0.05) is 30.5 Å². The molecule has 1 aliphatic carbocycles. The maximum absolute atomic E-state index is 5.77. The fraction of sp³-hybridized carbons (Fsp3) is 0.615. The highest BCUT2D eigenvalue weighted by Gasteiger charge is 2.24. The molecule has 0 amide bonds. The molecule has 1 aromatic rings. The number of hydrogen-bond acceptors (Lipinski definition) is 2. The predicted octanol–water partition coefficient (Wildman–Crippen LogP) is 3.57. The number of nitrogens with one attached hydrogen (secondary N) is 1. The van der Waals surface area contributed by atoms with Crippen molar-refractivity contribution in [2.24, 2.45) is 5.92 Å². The van der Waals surface area contributed by atoms with Crippen LogP contribution in [0.2, 0.25) is 5.15 Å². The first kappa shape index (κ1) is 11.9. The van der Waals surface area contributed by atoms with Crippen molar-refractivity contribution in [2.75, 3.05) is 0 Å². The molecule has 0 bridgehead atoms. The molecule has 0 aliphatic heterocycles. The summed E-state index contributed by atoms with van der Waals surface area (Å²) in [5.41, 5.74) is 1.20. The molecule has 16 heavy (non-hydrogen) atoms. The topological polar surface area (TPSA) is 24.9 Å². The summed E-state index contributed by atoms with van der Waals surface area (Å²) >= 11 is 5.77. The van der Waals surface area contributed by atoms with Gasteiger partial charge < -0.3 is 5.32 Å². The van der Waals surface area contributed by atoms with Crippen molar-refractivity contribution in [3.63, 3.8) is 0 Å². The van der Waals surface area contributed by atoms with E-state index in [1.54, 1.807) is 0 Å². The van der Waals surface area contributed by atoms with Crippen LogP contribution in [0.15, 0.2) is 18.3 Å². The Hall–Kier alpha value is -0.600. The van der Waals surface area contributed by atoms with Gasteiger partial charge in [-0.3, -0.25) is 0 Å². The van der Waals surface area contributed by atoms with E-state index in [1.165, 1.54) is 24.8 Å². The summed E-state index contributed by atoms with van der Waals surface area (Å²) < 4.78 is 0. The third-order valence-electron chi connectivity index (χ3n) is 3.17. The highest BCUT2D eigenvalue weighted by atomic mass is 35.5. The summed E-state index contributed by atoms with van der Waals surface area (Å²) in [6.07, 6.45) is 5.99. The smallest absolute Gasteiger partial charge is 0.129 e. The number of rotatable bonds is 5. The Morgan fingerprint density at radius 1 is 1.44 bits per heavy atom. The summed E-state index contributed by atoms with van der Waals surface area (Å²) in [5, 5.41) is 4.16. The third-order valence-corrected chi connectivity index (χ3v) is 3.39. The second-order valence-electron chi connectivity index (χ2n) is 4.88. The molecule has 0 aromatic carbocycles. The van der Waals surface area contributed by atoms with Crippen LogP contribution < -0.4 is 5.32 Å². The van der Waals surface area contributed by atoms with Crippen molar-refractivity contribution in [1.29, 1.82) is 0 Å². The zero-order chi connectivity index (χ0) is 11.5.